The molecule has 3 rings (SSSR count). The number of benzene rings is 1. The number of carbonyl (C=O) groups is 3. The van der Waals surface area contributed by atoms with Crippen LogP contribution in [0.15, 0.2) is 28.8 Å². The van der Waals surface area contributed by atoms with Crippen LogP contribution in [0, 0.1) is 28.5 Å². The zero-order valence-corrected chi connectivity index (χ0v) is 20.5. The molecule has 36 heavy (non-hydrogen) atoms. The Kier molecular flexibility index (Phi) is 9.64. The minimum Gasteiger partial charge on any atom is -0.383 e. The van der Waals surface area contributed by atoms with E-state index in [1.807, 2.05) is 11.0 Å². The summed E-state index contributed by atoms with van der Waals surface area (Å²) < 4.78 is 19.6. The van der Waals surface area contributed by atoms with Gasteiger partial charge in [0.2, 0.25) is 11.8 Å². The lowest BCUT2D eigenvalue weighted by Crippen LogP contribution is -2.41. The van der Waals surface area contributed by atoms with Crippen molar-refractivity contribution in [2.75, 3.05) is 63.1 Å². The number of ether oxygens (including phenoxy) is 1. The van der Waals surface area contributed by atoms with Crippen LogP contribution in [0.2, 0.25) is 0 Å². The van der Waals surface area contributed by atoms with Crippen LogP contribution in [0.4, 0.5) is 15.8 Å². The Balaban J connectivity index is 1.66. The number of nitriles is 2. The molecule has 2 aliphatic heterocycles. The average Bonchev–Trinajstić information content (AvgIpc) is 3.18. The molecule has 1 aromatic carbocycles. The lowest BCUT2D eigenvalue weighted by Gasteiger charge is -2.25. The molecule has 2 heterocycles. The largest absolute Gasteiger partial charge is 0.383 e. The molecule has 0 saturated carbocycles. The van der Waals surface area contributed by atoms with E-state index >= 15 is 0 Å². The van der Waals surface area contributed by atoms with Gasteiger partial charge >= 0.3 is 0 Å². The Labute approximate surface area is 212 Å². The highest BCUT2D eigenvalue weighted by Gasteiger charge is 2.38. The van der Waals surface area contributed by atoms with Crippen LogP contribution in [-0.4, -0.2) is 85.3 Å². The fraction of sp³-hybridized carbons (Fsp3) is 0.435. The second-order valence-electron chi connectivity index (χ2n) is 7.83. The van der Waals surface area contributed by atoms with Crippen molar-refractivity contribution in [3.05, 3.63) is 34.6 Å². The number of morpholine rings is 1. The van der Waals surface area contributed by atoms with Crippen LogP contribution in [0.3, 0.4) is 0 Å². The molecule has 0 aromatic heterocycles. The minimum atomic E-state index is -0.725. The van der Waals surface area contributed by atoms with Crippen LogP contribution in [0.5, 0.6) is 0 Å². The smallest absolute Gasteiger partial charge is 0.265 e. The Morgan fingerprint density at radius 1 is 1.28 bits per heavy atom. The molecule has 190 valence electrons. The molecule has 1 atom stereocenters. The van der Waals surface area contributed by atoms with Gasteiger partial charge < -0.3 is 25.6 Å². The topological polar surface area (TPSA) is 151 Å². The number of hydrogen-bond acceptors (Lipinski definition) is 9. The van der Waals surface area contributed by atoms with Gasteiger partial charge in [0.05, 0.1) is 31.5 Å². The molecular formula is C23H26FN7O4S. The van der Waals surface area contributed by atoms with Gasteiger partial charge in [-0.2, -0.15) is 10.5 Å². The molecule has 13 heteroatoms. The molecule has 0 radical (unpaired) electrons. The maximum Gasteiger partial charge on any atom is 0.265 e. The lowest BCUT2D eigenvalue weighted by molar-refractivity contribution is -0.127. The van der Waals surface area contributed by atoms with E-state index in [1.165, 1.54) is 23.1 Å². The van der Waals surface area contributed by atoms with Gasteiger partial charge in [0, 0.05) is 31.9 Å². The number of nitrogens with zero attached hydrogens (tertiary/aromatic N) is 4. The summed E-state index contributed by atoms with van der Waals surface area (Å²) in [4.78, 5) is 40.8. The Morgan fingerprint density at radius 3 is 2.69 bits per heavy atom. The first-order valence-corrected chi connectivity index (χ1v) is 12.2. The van der Waals surface area contributed by atoms with Gasteiger partial charge in [-0.3, -0.25) is 19.3 Å². The van der Waals surface area contributed by atoms with Crippen molar-refractivity contribution in [1.29, 1.82) is 10.5 Å². The summed E-state index contributed by atoms with van der Waals surface area (Å²) in [6, 6.07) is 7.74. The van der Waals surface area contributed by atoms with Crippen molar-refractivity contribution < 1.29 is 23.5 Å². The summed E-state index contributed by atoms with van der Waals surface area (Å²) in [5.74, 6) is -1.95. The van der Waals surface area contributed by atoms with Crippen molar-refractivity contribution in [1.82, 2.24) is 15.1 Å². The van der Waals surface area contributed by atoms with Gasteiger partial charge in [-0.25, -0.2) is 4.39 Å². The number of anilines is 2. The standard InChI is InChI=1S/C23H26FN7O4S/c1-2-31-22(34)19(36-23(31)16(12-26)21(33)27-6-5-25)13-28-15-3-4-17(24)18(11-15)29-20(32)14-30-7-9-35-10-8-30/h3-4,11,19,28H,2,6-10,13-14H2,1H3,(H,27,33)(H,29,32)/b23-16-/t19-/m1/s1. The number of thioether (sulfide) groups is 1. The number of rotatable bonds is 9. The molecule has 0 bridgehead atoms. The molecule has 2 saturated heterocycles. The minimum absolute atomic E-state index is 0.0142. The Hall–Kier alpha value is -3.65. The number of hydrogen-bond donors (Lipinski definition) is 3. The summed E-state index contributed by atoms with van der Waals surface area (Å²) >= 11 is 1.07. The first kappa shape index (κ1) is 26.9. The Morgan fingerprint density at radius 2 is 2.03 bits per heavy atom. The molecule has 2 aliphatic rings. The summed E-state index contributed by atoms with van der Waals surface area (Å²) in [6.07, 6.45) is 0. The van der Waals surface area contributed by atoms with E-state index in [4.69, 9.17) is 10.00 Å². The highest BCUT2D eigenvalue weighted by Crippen LogP contribution is 2.37. The maximum atomic E-state index is 14.3. The third kappa shape index (κ3) is 6.73. The zero-order chi connectivity index (χ0) is 26.1. The maximum absolute atomic E-state index is 14.3. The molecule has 11 nitrogen and oxygen atoms in total. The highest BCUT2D eigenvalue weighted by molar-refractivity contribution is 8.04. The quantitative estimate of drug-likeness (QED) is 0.247. The SMILES string of the molecule is CCN1C(=O)[C@@H](CNc2ccc(F)c(NC(=O)CN3CCOCC3)c2)S/C1=C(/C#N)C(=O)NCC#N. The fourth-order valence-corrected chi connectivity index (χ4v) is 4.91. The van der Waals surface area contributed by atoms with Crippen LogP contribution >= 0.6 is 11.8 Å². The number of nitrogens with one attached hydrogen (secondary N) is 3. The average molecular weight is 516 g/mol. The normalized spacial score (nSPS) is 19.3. The predicted molar refractivity (Wildman–Crippen MR) is 131 cm³/mol. The third-order valence-corrected chi connectivity index (χ3v) is 6.74. The first-order valence-electron chi connectivity index (χ1n) is 11.3. The van der Waals surface area contributed by atoms with E-state index in [-0.39, 0.29) is 54.3 Å². The number of halogens is 1. The van der Waals surface area contributed by atoms with Gasteiger partial charge in [-0.15, -0.1) is 0 Å². The summed E-state index contributed by atoms with van der Waals surface area (Å²) in [7, 11) is 0. The predicted octanol–water partition coefficient (Wildman–Crippen LogP) is 0.847. The van der Waals surface area contributed by atoms with Crippen LogP contribution in [0.1, 0.15) is 6.92 Å². The van der Waals surface area contributed by atoms with Gasteiger partial charge in [0.15, 0.2) is 0 Å². The van der Waals surface area contributed by atoms with Crippen LogP contribution < -0.4 is 16.0 Å². The molecule has 0 aliphatic carbocycles. The Bertz CT molecular complexity index is 1120. The highest BCUT2D eigenvalue weighted by atomic mass is 32.2. The molecular weight excluding hydrogens is 489 g/mol. The van der Waals surface area contributed by atoms with Crippen LogP contribution in [0.25, 0.3) is 0 Å². The van der Waals surface area contributed by atoms with Gasteiger partial charge in [0.1, 0.15) is 34.3 Å². The lowest BCUT2D eigenvalue weighted by atomic mass is 10.2. The van der Waals surface area contributed by atoms with Gasteiger partial charge in [-0.1, -0.05) is 11.8 Å². The summed E-state index contributed by atoms with van der Waals surface area (Å²) in [5, 5.41) is 25.7. The van der Waals surface area contributed by atoms with E-state index in [0.29, 0.717) is 32.0 Å². The van der Waals surface area contributed by atoms with E-state index in [9.17, 15) is 24.0 Å². The van der Waals surface area contributed by atoms with Crippen molar-refractivity contribution in [3.63, 3.8) is 0 Å². The van der Waals surface area contributed by atoms with Gasteiger partial charge in [-0.05, 0) is 25.1 Å². The fourth-order valence-electron chi connectivity index (χ4n) is 3.64. The molecule has 3 N–H and O–H groups in total. The molecule has 3 amide bonds. The molecule has 2 fully saturated rings. The van der Waals surface area contributed by atoms with E-state index < -0.39 is 17.0 Å². The monoisotopic (exact) mass is 515 g/mol. The molecule has 0 unspecified atom stereocenters. The number of carbonyl (C=O) groups excluding carboxylic acids is 3. The van der Waals surface area contributed by atoms with Crippen molar-refractivity contribution in [3.8, 4) is 12.1 Å². The molecule has 0 spiro atoms. The zero-order valence-electron chi connectivity index (χ0n) is 19.7. The number of amides is 3. The van der Waals surface area contributed by atoms with Crippen molar-refractivity contribution in [2.24, 2.45) is 0 Å². The van der Waals surface area contributed by atoms with Crippen molar-refractivity contribution in [2.45, 2.75) is 12.2 Å². The summed E-state index contributed by atoms with van der Waals surface area (Å²) in [5.41, 5.74) is 0.264. The third-order valence-electron chi connectivity index (χ3n) is 5.44. The molecule has 1 aromatic rings. The van der Waals surface area contributed by atoms with Crippen LogP contribution in [-0.2, 0) is 19.1 Å². The second-order valence-corrected chi connectivity index (χ2v) is 9.03. The van der Waals surface area contributed by atoms with E-state index in [0.717, 1.165) is 11.8 Å². The second kappa shape index (κ2) is 12.9. The van der Waals surface area contributed by atoms with Crippen molar-refractivity contribution >= 4 is 40.9 Å². The first-order chi connectivity index (χ1) is 17.4. The van der Waals surface area contributed by atoms with E-state index in [2.05, 4.69) is 16.0 Å². The van der Waals surface area contributed by atoms with Gasteiger partial charge in [0.25, 0.3) is 5.91 Å². The van der Waals surface area contributed by atoms with E-state index in [1.54, 1.807) is 13.0 Å². The summed E-state index contributed by atoms with van der Waals surface area (Å²) in [6.45, 7) is 4.33.